The number of aliphatic carboxylic acids is 1. The summed E-state index contributed by atoms with van der Waals surface area (Å²) in [6, 6.07) is 7.56. The highest BCUT2D eigenvalue weighted by Crippen LogP contribution is 2.29. The molecule has 1 aliphatic carbocycles. The first-order chi connectivity index (χ1) is 10.1. The summed E-state index contributed by atoms with van der Waals surface area (Å²) in [7, 11) is 1.62. The minimum Gasteiger partial charge on any atom is -0.497 e. The average molecular weight is 291 g/mol. The lowest BCUT2D eigenvalue weighted by Gasteiger charge is -2.25. The van der Waals surface area contributed by atoms with Crippen LogP contribution in [-0.4, -0.2) is 24.1 Å². The number of rotatable bonds is 5. The van der Waals surface area contributed by atoms with Gasteiger partial charge in [0.05, 0.1) is 13.0 Å². The van der Waals surface area contributed by atoms with Gasteiger partial charge in [0.25, 0.3) is 0 Å². The molecule has 0 atom stereocenters. The SMILES string of the molecule is COc1ccc(CNC(=O)C2CCC(C(=O)O)CC2)cc1. The predicted molar refractivity (Wildman–Crippen MR) is 77.9 cm³/mol. The smallest absolute Gasteiger partial charge is 0.306 e. The predicted octanol–water partition coefficient (Wildman–Crippen LogP) is 2.20. The van der Waals surface area contributed by atoms with Gasteiger partial charge in [-0.15, -0.1) is 0 Å². The summed E-state index contributed by atoms with van der Waals surface area (Å²) < 4.78 is 5.08. The second-order valence-corrected chi connectivity index (χ2v) is 5.45. The second-order valence-electron chi connectivity index (χ2n) is 5.45. The number of amides is 1. The Morgan fingerprint density at radius 3 is 2.24 bits per heavy atom. The summed E-state index contributed by atoms with van der Waals surface area (Å²) in [5.41, 5.74) is 1.02. The molecule has 1 fully saturated rings. The standard InChI is InChI=1S/C16H21NO4/c1-21-14-8-2-11(3-9-14)10-17-15(18)12-4-6-13(7-5-12)16(19)20/h2-3,8-9,12-13H,4-7,10H2,1H3,(H,17,18)(H,19,20). The maximum absolute atomic E-state index is 12.1. The summed E-state index contributed by atoms with van der Waals surface area (Å²) in [4.78, 5) is 23.0. The molecule has 1 amide bonds. The molecule has 0 radical (unpaired) electrons. The molecule has 2 N–H and O–H groups in total. The van der Waals surface area contributed by atoms with Gasteiger partial charge in [-0.2, -0.15) is 0 Å². The Morgan fingerprint density at radius 2 is 1.71 bits per heavy atom. The number of carbonyl (C=O) groups is 2. The molecule has 0 saturated heterocycles. The summed E-state index contributed by atoms with van der Waals surface area (Å²) in [6.07, 6.45) is 2.50. The van der Waals surface area contributed by atoms with E-state index in [2.05, 4.69) is 5.32 Å². The highest BCUT2D eigenvalue weighted by atomic mass is 16.5. The van der Waals surface area contributed by atoms with Crippen LogP contribution in [0.5, 0.6) is 5.75 Å². The van der Waals surface area contributed by atoms with Crippen molar-refractivity contribution in [3.8, 4) is 5.75 Å². The normalized spacial score (nSPS) is 21.6. The van der Waals surface area contributed by atoms with E-state index in [1.165, 1.54) is 0 Å². The van der Waals surface area contributed by atoms with E-state index < -0.39 is 5.97 Å². The molecule has 1 saturated carbocycles. The number of carbonyl (C=O) groups excluding carboxylic acids is 1. The molecule has 2 rings (SSSR count). The highest BCUT2D eigenvalue weighted by Gasteiger charge is 2.29. The van der Waals surface area contributed by atoms with Crippen LogP contribution < -0.4 is 10.1 Å². The molecule has 114 valence electrons. The summed E-state index contributed by atoms with van der Waals surface area (Å²) >= 11 is 0. The van der Waals surface area contributed by atoms with Gasteiger partial charge in [0, 0.05) is 12.5 Å². The van der Waals surface area contributed by atoms with Crippen LogP contribution in [0.3, 0.4) is 0 Å². The minimum absolute atomic E-state index is 0.0228. The van der Waals surface area contributed by atoms with Crippen molar-refractivity contribution in [3.05, 3.63) is 29.8 Å². The monoisotopic (exact) mass is 291 g/mol. The second kappa shape index (κ2) is 7.11. The van der Waals surface area contributed by atoms with Crippen molar-refractivity contribution >= 4 is 11.9 Å². The van der Waals surface area contributed by atoms with E-state index >= 15 is 0 Å². The molecule has 0 spiro atoms. The Bertz CT molecular complexity index is 490. The molecule has 0 aliphatic heterocycles. The van der Waals surface area contributed by atoms with Gasteiger partial charge >= 0.3 is 5.97 Å². The molecule has 0 unspecified atom stereocenters. The van der Waals surface area contributed by atoms with Gasteiger partial charge in [0.2, 0.25) is 5.91 Å². The van der Waals surface area contributed by atoms with Crippen molar-refractivity contribution in [2.75, 3.05) is 7.11 Å². The van der Waals surface area contributed by atoms with E-state index in [0.717, 1.165) is 11.3 Å². The van der Waals surface area contributed by atoms with Gasteiger partial charge in [-0.05, 0) is 43.4 Å². The lowest BCUT2D eigenvalue weighted by Crippen LogP contribution is -2.34. The number of carboxylic acids is 1. The third-order valence-electron chi connectivity index (χ3n) is 4.07. The number of carboxylic acid groups (broad SMARTS) is 1. The van der Waals surface area contributed by atoms with Crippen molar-refractivity contribution < 1.29 is 19.4 Å². The van der Waals surface area contributed by atoms with Gasteiger partial charge in [-0.3, -0.25) is 9.59 Å². The molecular weight excluding hydrogens is 270 g/mol. The quantitative estimate of drug-likeness (QED) is 0.872. The van der Waals surface area contributed by atoms with E-state index in [1.54, 1.807) is 7.11 Å². The molecule has 1 aromatic rings. The van der Waals surface area contributed by atoms with Crippen LogP contribution in [0.15, 0.2) is 24.3 Å². The van der Waals surface area contributed by atoms with E-state index in [9.17, 15) is 9.59 Å². The van der Waals surface area contributed by atoms with Gasteiger partial charge in [0.1, 0.15) is 5.75 Å². The maximum Gasteiger partial charge on any atom is 0.306 e. The molecular formula is C16H21NO4. The number of hydrogen-bond donors (Lipinski definition) is 2. The van der Waals surface area contributed by atoms with Gasteiger partial charge < -0.3 is 15.2 Å². The Kier molecular flexibility index (Phi) is 5.20. The van der Waals surface area contributed by atoms with E-state index in [-0.39, 0.29) is 17.7 Å². The van der Waals surface area contributed by atoms with Crippen molar-refractivity contribution in [1.29, 1.82) is 0 Å². The summed E-state index contributed by atoms with van der Waals surface area (Å²) in [5, 5.41) is 11.9. The Balaban J connectivity index is 1.78. The van der Waals surface area contributed by atoms with E-state index in [4.69, 9.17) is 9.84 Å². The number of ether oxygens (including phenoxy) is 1. The molecule has 0 aromatic heterocycles. The topological polar surface area (TPSA) is 75.6 Å². The maximum atomic E-state index is 12.1. The molecule has 1 aliphatic rings. The van der Waals surface area contributed by atoms with Gasteiger partial charge in [-0.1, -0.05) is 12.1 Å². The Labute approximate surface area is 124 Å². The third kappa shape index (κ3) is 4.21. The largest absolute Gasteiger partial charge is 0.497 e. The fraction of sp³-hybridized carbons (Fsp3) is 0.500. The summed E-state index contributed by atoms with van der Waals surface area (Å²) in [5.74, 6) is -0.270. The fourth-order valence-corrected chi connectivity index (χ4v) is 2.68. The van der Waals surface area contributed by atoms with Gasteiger partial charge in [-0.25, -0.2) is 0 Å². The molecule has 0 heterocycles. The number of methoxy groups -OCH3 is 1. The highest BCUT2D eigenvalue weighted by molar-refractivity contribution is 5.79. The zero-order valence-corrected chi connectivity index (χ0v) is 12.2. The van der Waals surface area contributed by atoms with Crippen molar-refractivity contribution in [2.24, 2.45) is 11.8 Å². The van der Waals surface area contributed by atoms with Crippen LogP contribution in [0.25, 0.3) is 0 Å². The van der Waals surface area contributed by atoms with Crippen LogP contribution in [-0.2, 0) is 16.1 Å². The molecule has 5 nitrogen and oxygen atoms in total. The molecule has 21 heavy (non-hydrogen) atoms. The Morgan fingerprint density at radius 1 is 1.14 bits per heavy atom. The zero-order chi connectivity index (χ0) is 15.2. The number of nitrogens with one attached hydrogen (secondary N) is 1. The lowest BCUT2D eigenvalue weighted by atomic mass is 9.81. The average Bonchev–Trinajstić information content (AvgIpc) is 2.53. The molecule has 0 bridgehead atoms. The van der Waals surface area contributed by atoms with Crippen LogP contribution in [0, 0.1) is 11.8 Å². The van der Waals surface area contributed by atoms with Crippen LogP contribution in [0.1, 0.15) is 31.2 Å². The number of hydrogen-bond acceptors (Lipinski definition) is 3. The van der Waals surface area contributed by atoms with E-state index in [1.807, 2.05) is 24.3 Å². The van der Waals surface area contributed by atoms with Crippen LogP contribution >= 0.6 is 0 Å². The fourth-order valence-electron chi connectivity index (χ4n) is 2.68. The first-order valence-electron chi connectivity index (χ1n) is 7.23. The van der Waals surface area contributed by atoms with E-state index in [0.29, 0.717) is 32.2 Å². The Hall–Kier alpha value is -2.04. The first kappa shape index (κ1) is 15.4. The van der Waals surface area contributed by atoms with Crippen LogP contribution in [0.4, 0.5) is 0 Å². The number of benzene rings is 1. The van der Waals surface area contributed by atoms with Crippen molar-refractivity contribution in [1.82, 2.24) is 5.32 Å². The van der Waals surface area contributed by atoms with Crippen molar-refractivity contribution in [2.45, 2.75) is 32.2 Å². The third-order valence-corrected chi connectivity index (χ3v) is 4.07. The molecule has 1 aromatic carbocycles. The minimum atomic E-state index is -0.743. The van der Waals surface area contributed by atoms with Crippen LogP contribution in [0.2, 0.25) is 0 Å². The molecule has 5 heteroatoms. The lowest BCUT2D eigenvalue weighted by molar-refractivity contribution is -0.144. The zero-order valence-electron chi connectivity index (χ0n) is 12.2. The van der Waals surface area contributed by atoms with Crippen molar-refractivity contribution in [3.63, 3.8) is 0 Å². The summed E-state index contributed by atoms with van der Waals surface area (Å²) in [6.45, 7) is 0.488. The first-order valence-corrected chi connectivity index (χ1v) is 7.23. The van der Waals surface area contributed by atoms with Gasteiger partial charge in [0.15, 0.2) is 0 Å².